The van der Waals surface area contributed by atoms with Gasteiger partial charge in [0.15, 0.2) is 5.11 Å². The summed E-state index contributed by atoms with van der Waals surface area (Å²) in [7, 11) is 3.30. The van der Waals surface area contributed by atoms with Crippen LogP contribution in [-0.2, 0) is 0 Å². The Hall–Kier alpha value is -3.91. The highest BCUT2D eigenvalue weighted by atomic mass is 32.1. The maximum absolute atomic E-state index is 5.87. The first-order valence-corrected chi connectivity index (χ1v) is 10.9. The van der Waals surface area contributed by atoms with Gasteiger partial charge in [-0.2, -0.15) is 0 Å². The molecule has 0 spiro atoms. The fraction of sp³-hybridized carbons (Fsp3) is 0.160. The molecule has 1 fully saturated rings. The standard InChI is InChI=1S/C25H23N5O2S/c1-31-18-10-11-22(32-2)21(15-18)30-24(23(28-25(30)33)19-8-3-4-13-27-19)20-9-6-14-29(20)17-7-5-12-26-16-17/h3-16,23-24H,1-2H3,(H,28,33)/t23-,24+/m1/s1. The molecule has 1 saturated heterocycles. The van der Waals surface area contributed by atoms with Gasteiger partial charge in [0.05, 0.1) is 43.5 Å². The number of benzene rings is 1. The van der Waals surface area contributed by atoms with Crippen molar-refractivity contribution < 1.29 is 9.47 Å². The molecule has 166 valence electrons. The van der Waals surface area contributed by atoms with Crippen LogP contribution in [0.1, 0.15) is 23.5 Å². The highest BCUT2D eigenvalue weighted by Crippen LogP contribution is 2.45. The van der Waals surface area contributed by atoms with Crippen LogP contribution >= 0.6 is 12.2 Å². The number of rotatable bonds is 6. The molecule has 4 aromatic rings. The number of pyridine rings is 2. The van der Waals surface area contributed by atoms with E-state index in [0.717, 1.165) is 28.5 Å². The van der Waals surface area contributed by atoms with E-state index in [2.05, 4.69) is 30.8 Å². The maximum atomic E-state index is 5.87. The summed E-state index contributed by atoms with van der Waals surface area (Å²) >= 11 is 5.87. The Balaban J connectivity index is 1.70. The van der Waals surface area contributed by atoms with Crippen molar-refractivity contribution in [3.05, 3.63) is 96.8 Å². The second kappa shape index (κ2) is 8.91. The number of nitrogens with zero attached hydrogens (tertiary/aromatic N) is 4. The predicted octanol–water partition coefficient (Wildman–Crippen LogP) is 4.46. The van der Waals surface area contributed by atoms with Gasteiger partial charge in [-0.3, -0.25) is 9.97 Å². The highest BCUT2D eigenvalue weighted by Gasteiger charge is 2.43. The van der Waals surface area contributed by atoms with E-state index in [1.54, 1.807) is 26.6 Å². The summed E-state index contributed by atoms with van der Waals surface area (Å²) in [5, 5.41) is 4.08. The van der Waals surface area contributed by atoms with E-state index in [1.807, 2.05) is 67.0 Å². The zero-order chi connectivity index (χ0) is 22.8. The lowest BCUT2D eigenvalue weighted by Gasteiger charge is -2.30. The SMILES string of the molecule is COc1ccc(OC)c(N2C(=S)N[C@H](c3ccccn3)[C@@H]2c2cccn2-c2cccnc2)c1. The molecule has 8 heteroatoms. The first-order chi connectivity index (χ1) is 16.2. The minimum absolute atomic E-state index is 0.181. The van der Waals surface area contributed by atoms with E-state index in [9.17, 15) is 0 Å². The molecule has 0 radical (unpaired) electrons. The van der Waals surface area contributed by atoms with Crippen LogP contribution in [0.2, 0.25) is 0 Å². The third kappa shape index (κ3) is 3.78. The molecule has 1 aromatic carbocycles. The average molecular weight is 458 g/mol. The first-order valence-electron chi connectivity index (χ1n) is 10.5. The molecule has 0 amide bonds. The molecule has 3 aromatic heterocycles. The largest absolute Gasteiger partial charge is 0.497 e. The van der Waals surface area contributed by atoms with Gasteiger partial charge in [-0.25, -0.2) is 0 Å². The van der Waals surface area contributed by atoms with E-state index in [1.165, 1.54) is 0 Å². The normalized spacial score (nSPS) is 17.6. The van der Waals surface area contributed by atoms with Crippen LogP contribution in [-0.4, -0.2) is 33.9 Å². The number of nitrogens with one attached hydrogen (secondary N) is 1. The van der Waals surface area contributed by atoms with Crippen LogP contribution in [0, 0.1) is 0 Å². The molecule has 0 bridgehead atoms. The molecule has 5 rings (SSSR count). The molecule has 4 heterocycles. The van der Waals surface area contributed by atoms with Gasteiger partial charge in [0.2, 0.25) is 0 Å². The Morgan fingerprint density at radius 2 is 1.88 bits per heavy atom. The lowest BCUT2D eigenvalue weighted by atomic mass is 10.0. The van der Waals surface area contributed by atoms with E-state index < -0.39 is 0 Å². The molecule has 33 heavy (non-hydrogen) atoms. The van der Waals surface area contributed by atoms with Crippen molar-refractivity contribution in [2.45, 2.75) is 12.1 Å². The van der Waals surface area contributed by atoms with Gasteiger partial charge in [-0.05, 0) is 60.7 Å². The van der Waals surface area contributed by atoms with Crippen LogP contribution in [0.5, 0.6) is 11.5 Å². The van der Waals surface area contributed by atoms with Gasteiger partial charge >= 0.3 is 0 Å². The zero-order valence-corrected chi connectivity index (χ0v) is 19.1. The summed E-state index contributed by atoms with van der Waals surface area (Å²) < 4.78 is 13.3. The smallest absolute Gasteiger partial charge is 0.174 e. The second-order valence-electron chi connectivity index (χ2n) is 7.55. The van der Waals surface area contributed by atoms with Gasteiger partial charge in [-0.1, -0.05) is 6.07 Å². The van der Waals surface area contributed by atoms with E-state index >= 15 is 0 Å². The molecule has 0 unspecified atom stereocenters. The van der Waals surface area contributed by atoms with Crippen LogP contribution in [0.4, 0.5) is 5.69 Å². The summed E-state index contributed by atoms with van der Waals surface area (Å²) in [4.78, 5) is 11.0. The van der Waals surface area contributed by atoms with Crippen molar-refractivity contribution in [3.8, 4) is 17.2 Å². The molecular weight excluding hydrogens is 434 g/mol. The topological polar surface area (TPSA) is 64.4 Å². The van der Waals surface area contributed by atoms with Crippen molar-refractivity contribution in [3.63, 3.8) is 0 Å². The molecule has 0 aliphatic carbocycles. The van der Waals surface area contributed by atoms with Crippen molar-refractivity contribution in [1.82, 2.24) is 19.9 Å². The zero-order valence-electron chi connectivity index (χ0n) is 18.3. The number of hydrogen-bond donors (Lipinski definition) is 1. The number of hydrogen-bond acceptors (Lipinski definition) is 5. The molecule has 1 aliphatic heterocycles. The Kier molecular flexibility index (Phi) is 5.66. The van der Waals surface area contributed by atoms with Gasteiger partial charge in [0, 0.05) is 30.4 Å². The van der Waals surface area contributed by atoms with Crippen LogP contribution in [0.3, 0.4) is 0 Å². The Labute approximate surface area is 197 Å². The van der Waals surface area contributed by atoms with Crippen LogP contribution in [0.15, 0.2) is 85.5 Å². The van der Waals surface area contributed by atoms with Crippen molar-refractivity contribution in [1.29, 1.82) is 0 Å². The average Bonchev–Trinajstić information content (AvgIpc) is 3.49. The maximum Gasteiger partial charge on any atom is 0.174 e. The summed E-state index contributed by atoms with van der Waals surface area (Å²) in [5.74, 6) is 1.42. The van der Waals surface area contributed by atoms with Gasteiger partial charge < -0.3 is 24.3 Å². The van der Waals surface area contributed by atoms with E-state index in [-0.39, 0.29) is 12.1 Å². The molecule has 2 atom stereocenters. The molecule has 7 nitrogen and oxygen atoms in total. The van der Waals surface area contributed by atoms with Crippen molar-refractivity contribution in [2.24, 2.45) is 0 Å². The summed E-state index contributed by atoms with van der Waals surface area (Å²) in [5.41, 5.74) is 3.72. The van der Waals surface area contributed by atoms with Gasteiger partial charge in [-0.15, -0.1) is 0 Å². The van der Waals surface area contributed by atoms with Crippen molar-refractivity contribution >= 4 is 23.0 Å². The van der Waals surface area contributed by atoms with Gasteiger partial charge in [0.1, 0.15) is 17.5 Å². The van der Waals surface area contributed by atoms with Crippen molar-refractivity contribution in [2.75, 3.05) is 19.1 Å². The molecule has 1 aliphatic rings. The molecular formula is C25H23N5O2S. The third-order valence-corrected chi connectivity index (χ3v) is 6.07. The summed E-state index contributed by atoms with van der Waals surface area (Å²) in [6, 6.07) is 19.3. The minimum atomic E-state index is -0.205. The number of anilines is 1. The third-order valence-electron chi connectivity index (χ3n) is 5.75. The predicted molar refractivity (Wildman–Crippen MR) is 131 cm³/mol. The van der Waals surface area contributed by atoms with Crippen LogP contribution in [0.25, 0.3) is 5.69 Å². The molecule has 0 saturated carbocycles. The lowest BCUT2D eigenvalue weighted by molar-refractivity contribution is 0.402. The number of methoxy groups -OCH3 is 2. The summed E-state index contributed by atoms with van der Waals surface area (Å²) in [6.45, 7) is 0. The quantitative estimate of drug-likeness (QED) is 0.429. The second-order valence-corrected chi connectivity index (χ2v) is 7.94. The van der Waals surface area contributed by atoms with E-state index in [0.29, 0.717) is 10.9 Å². The fourth-order valence-corrected chi connectivity index (χ4v) is 4.61. The lowest BCUT2D eigenvalue weighted by Crippen LogP contribution is -2.30. The fourth-order valence-electron chi connectivity index (χ4n) is 4.27. The summed E-state index contributed by atoms with van der Waals surface area (Å²) in [6.07, 6.45) is 7.44. The number of ether oxygens (including phenoxy) is 2. The highest BCUT2D eigenvalue weighted by molar-refractivity contribution is 7.80. The van der Waals surface area contributed by atoms with E-state index in [4.69, 9.17) is 21.7 Å². The van der Waals surface area contributed by atoms with Crippen LogP contribution < -0.4 is 19.7 Å². The van der Waals surface area contributed by atoms with Gasteiger partial charge in [0.25, 0.3) is 0 Å². The molecule has 1 N–H and O–H groups in total. The monoisotopic (exact) mass is 457 g/mol. The minimum Gasteiger partial charge on any atom is -0.497 e. The number of aromatic nitrogens is 3. The first kappa shape index (κ1) is 21.0. The number of thiocarbonyl (C=S) groups is 1. The Bertz CT molecular complexity index is 1260. The Morgan fingerprint density at radius 1 is 0.970 bits per heavy atom. The Morgan fingerprint density at radius 3 is 2.61 bits per heavy atom.